The number of amides is 2. The molecule has 0 spiro atoms. The Morgan fingerprint density at radius 1 is 1.02 bits per heavy atom. The monoisotopic (exact) mass is 931 g/mol. The number of nitrogens with zero attached hydrogens (tertiary/aromatic N) is 4. The Bertz CT molecular complexity index is 1960. The Morgan fingerprint density at radius 2 is 1.70 bits per heavy atom. The zero-order valence-electron chi connectivity index (χ0n) is 32.9. The summed E-state index contributed by atoms with van der Waals surface area (Å²) >= 11 is 1.08. The maximum Gasteiger partial charge on any atom is 0.481 e. The van der Waals surface area contributed by atoms with Gasteiger partial charge in [-0.2, -0.15) is 4.31 Å². The van der Waals surface area contributed by atoms with Gasteiger partial charge >= 0.3 is 23.5 Å². The lowest BCUT2D eigenvalue weighted by molar-refractivity contribution is -0.137. The molecule has 10 N–H and O–H groups in total. The zero-order chi connectivity index (χ0) is 44.7. The predicted molar refractivity (Wildman–Crippen MR) is 214 cm³/mol. The number of phosphoric ester groups is 3. The molecule has 0 bridgehead atoms. The first-order valence-corrected chi connectivity index (χ1v) is 23.9. The third-order valence-corrected chi connectivity index (χ3v) is 12.4. The third kappa shape index (κ3) is 17.1. The number of allylic oxidation sites excluding steroid dienone is 4. The number of phosphoric acid groups is 3. The molecule has 3 rings (SSSR count). The van der Waals surface area contributed by atoms with Gasteiger partial charge in [0.1, 0.15) is 36.3 Å². The van der Waals surface area contributed by atoms with Crippen molar-refractivity contribution in [1.82, 2.24) is 30.2 Å². The maximum absolute atomic E-state index is 12.7. The number of thioether (sulfide) groups is 1. The van der Waals surface area contributed by atoms with E-state index in [0.29, 0.717) is 5.75 Å². The summed E-state index contributed by atoms with van der Waals surface area (Å²) in [5.74, 6) is -1.10. The molecule has 7 atom stereocenters. The van der Waals surface area contributed by atoms with Crippen LogP contribution in [0.15, 0.2) is 37.0 Å². The van der Waals surface area contributed by atoms with Gasteiger partial charge < -0.3 is 50.9 Å². The molecule has 338 valence electrons. The molecule has 2 amide bonds. The van der Waals surface area contributed by atoms with Gasteiger partial charge in [-0.3, -0.25) is 32.5 Å². The average molecular weight is 932 g/mol. The van der Waals surface area contributed by atoms with Crippen LogP contribution >= 0.6 is 35.2 Å². The topological polar surface area (TPSA) is 364 Å². The highest BCUT2D eigenvalue weighted by molar-refractivity contribution is 8.13. The molecule has 1 saturated heterocycles. The van der Waals surface area contributed by atoms with Gasteiger partial charge in [0.2, 0.25) is 11.8 Å². The molecule has 3 heterocycles. The van der Waals surface area contributed by atoms with Gasteiger partial charge in [0.05, 0.1) is 19.5 Å². The molecule has 0 aliphatic carbocycles. The minimum Gasteiger partial charge on any atom is -0.386 e. The van der Waals surface area contributed by atoms with Crippen molar-refractivity contribution in [1.29, 1.82) is 0 Å². The third-order valence-electron chi connectivity index (χ3n) is 8.44. The fourth-order valence-corrected chi connectivity index (χ4v) is 8.82. The molecule has 1 fully saturated rings. The van der Waals surface area contributed by atoms with E-state index in [1.165, 1.54) is 13.8 Å². The van der Waals surface area contributed by atoms with Gasteiger partial charge in [0.25, 0.3) is 0 Å². The highest BCUT2D eigenvalue weighted by Crippen LogP contribution is 2.61. The van der Waals surface area contributed by atoms with Crippen molar-refractivity contribution in [2.45, 2.75) is 89.9 Å². The maximum atomic E-state index is 12.7. The lowest BCUT2D eigenvalue weighted by atomic mass is 9.87. The Hall–Kier alpha value is -2.96. The number of nitrogens with one attached hydrogen (secondary N) is 2. The largest absolute Gasteiger partial charge is 0.481 e. The molecule has 24 nitrogen and oxygen atoms in total. The Labute approximate surface area is 349 Å². The summed E-state index contributed by atoms with van der Waals surface area (Å²) in [6, 6.07) is 0. The number of hydrogen-bond donors (Lipinski definition) is 9. The van der Waals surface area contributed by atoms with E-state index in [2.05, 4.69) is 40.5 Å². The summed E-state index contributed by atoms with van der Waals surface area (Å²) in [6.07, 6.45) is 5.37. The van der Waals surface area contributed by atoms with E-state index in [1.807, 2.05) is 25.2 Å². The molecule has 0 aromatic carbocycles. The van der Waals surface area contributed by atoms with Crippen molar-refractivity contribution in [2.24, 2.45) is 5.41 Å². The molecular weight excluding hydrogens is 879 g/mol. The highest BCUT2D eigenvalue weighted by Gasteiger charge is 2.50. The number of anilines is 1. The number of nitrogen functional groups attached to an aromatic ring is 1. The number of nitrogens with two attached hydrogens (primary N) is 1. The predicted octanol–water partition coefficient (Wildman–Crippen LogP) is 1.75. The second-order valence-electron chi connectivity index (χ2n) is 13.8. The number of carbonyl (C=O) groups excluding carboxylic acids is 3. The normalized spacial score (nSPS) is 21.3. The van der Waals surface area contributed by atoms with Crippen molar-refractivity contribution in [3.05, 3.63) is 37.0 Å². The van der Waals surface area contributed by atoms with Crippen LogP contribution in [0.1, 0.15) is 65.5 Å². The van der Waals surface area contributed by atoms with Crippen molar-refractivity contribution in [3.63, 3.8) is 0 Å². The minimum absolute atomic E-state index is 0.0307. The molecule has 60 heavy (non-hydrogen) atoms. The number of rotatable bonds is 26. The van der Waals surface area contributed by atoms with Crippen molar-refractivity contribution >= 4 is 69.1 Å². The number of fused-ring (bicyclic) bond motifs is 1. The van der Waals surface area contributed by atoms with Crippen LogP contribution < -0.4 is 16.4 Å². The second-order valence-corrected chi connectivity index (χ2v) is 19.2. The number of hydrogen-bond acceptors (Lipinski definition) is 18. The van der Waals surface area contributed by atoms with Crippen LogP contribution in [0.2, 0.25) is 0 Å². The van der Waals surface area contributed by atoms with E-state index in [1.54, 1.807) is 0 Å². The van der Waals surface area contributed by atoms with E-state index in [-0.39, 0.29) is 48.0 Å². The van der Waals surface area contributed by atoms with Gasteiger partial charge in [-0.15, -0.1) is 0 Å². The molecular formula is C32H52N7O17P3S. The fourth-order valence-electron chi connectivity index (χ4n) is 5.34. The molecule has 7 unspecified atom stereocenters. The Morgan fingerprint density at radius 3 is 2.38 bits per heavy atom. The molecule has 2 aromatic rings. The van der Waals surface area contributed by atoms with E-state index in [9.17, 15) is 57.9 Å². The number of aliphatic hydroxyl groups excluding tert-OH is 2. The highest BCUT2D eigenvalue weighted by atomic mass is 32.2. The van der Waals surface area contributed by atoms with E-state index < -0.39 is 84.6 Å². The van der Waals surface area contributed by atoms with Gasteiger partial charge in [0, 0.05) is 37.1 Å². The zero-order valence-corrected chi connectivity index (χ0v) is 36.4. The molecule has 1 aliphatic heterocycles. The summed E-state index contributed by atoms with van der Waals surface area (Å²) in [4.78, 5) is 87.8. The summed E-state index contributed by atoms with van der Waals surface area (Å²) in [5.41, 5.74) is 4.27. The molecule has 0 saturated carbocycles. The number of unbranched alkanes of at least 4 members (excludes halogenated alkanes) is 3. The Balaban J connectivity index is 1.41. The van der Waals surface area contributed by atoms with Gasteiger partial charge in [-0.25, -0.2) is 28.6 Å². The van der Waals surface area contributed by atoms with Crippen LogP contribution in [0.4, 0.5) is 5.82 Å². The van der Waals surface area contributed by atoms with Crippen molar-refractivity contribution in [3.8, 4) is 0 Å². The van der Waals surface area contributed by atoms with E-state index in [0.717, 1.165) is 54.7 Å². The lowest BCUT2D eigenvalue weighted by Gasteiger charge is -2.30. The summed E-state index contributed by atoms with van der Waals surface area (Å²) < 4.78 is 62.2. The summed E-state index contributed by atoms with van der Waals surface area (Å²) in [7, 11) is -16.4. The number of imidazole rings is 1. The SMILES string of the molecule is C/C=C/CCCC/C=C/CC(=O)SCCNC(=O)CCNC(=O)C(O)C(C)(C)COP(=O)(O)OP(=O)(O)OCC1OC(n2cnc3c(N)ncnc32)C(O)C1OP(=O)(O)O. The van der Waals surface area contributed by atoms with Gasteiger partial charge in [-0.05, 0) is 32.6 Å². The van der Waals surface area contributed by atoms with Gasteiger partial charge in [-0.1, -0.05) is 49.9 Å². The van der Waals surface area contributed by atoms with Crippen LogP contribution in [0.25, 0.3) is 11.2 Å². The second kappa shape index (κ2) is 23.5. The summed E-state index contributed by atoms with van der Waals surface area (Å²) in [5, 5.41) is 26.4. The first-order chi connectivity index (χ1) is 28.1. The fraction of sp³-hybridized carbons (Fsp3) is 0.625. The van der Waals surface area contributed by atoms with Crippen LogP contribution in [0.5, 0.6) is 0 Å². The molecule has 28 heteroatoms. The number of aromatic nitrogens is 4. The average Bonchev–Trinajstić information content (AvgIpc) is 3.72. The van der Waals surface area contributed by atoms with Gasteiger partial charge in [0.15, 0.2) is 22.8 Å². The van der Waals surface area contributed by atoms with Crippen molar-refractivity contribution in [2.75, 3.05) is 37.8 Å². The standard InChI is InChI=1S/C32H52N7O17P3S/c1-4-5-6-7-8-9-10-11-12-23(41)60-16-15-34-22(40)13-14-35-30(44)27(43)32(2,3)18-53-59(50,51)56-58(48,49)52-17-21-26(55-57(45,46)47)25(42)31(54-21)39-20-38-24-28(33)36-19-37-29(24)39/h4-5,10-11,19-21,25-27,31,42-43H,6-9,12-18H2,1-3H3,(H,34,40)(H,35,44)(H,48,49)(H,50,51)(H2,33,36,37)(H2,45,46,47)/b5-4+,11-10+. The first-order valence-electron chi connectivity index (χ1n) is 18.4. The lowest BCUT2D eigenvalue weighted by Crippen LogP contribution is -2.46. The minimum atomic E-state index is -5.57. The van der Waals surface area contributed by atoms with E-state index in [4.69, 9.17) is 19.5 Å². The van der Waals surface area contributed by atoms with Crippen LogP contribution in [-0.2, 0) is 50.7 Å². The molecule has 2 aromatic heterocycles. The quantitative estimate of drug-likeness (QED) is 0.0368. The van der Waals surface area contributed by atoms with Crippen LogP contribution in [-0.4, -0.2) is 123 Å². The number of ether oxygens (including phenoxy) is 1. The van der Waals surface area contributed by atoms with Crippen LogP contribution in [0, 0.1) is 5.41 Å². The smallest absolute Gasteiger partial charge is 0.386 e. The summed E-state index contributed by atoms with van der Waals surface area (Å²) in [6.45, 7) is 2.49. The number of carbonyl (C=O) groups is 3. The first kappa shape index (κ1) is 51.4. The Kier molecular flexibility index (Phi) is 20.1. The molecule has 1 aliphatic rings. The van der Waals surface area contributed by atoms with Crippen molar-refractivity contribution < 1.29 is 80.5 Å². The van der Waals surface area contributed by atoms with E-state index >= 15 is 0 Å². The number of aliphatic hydroxyl groups is 2. The van der Waals surface area contributed by atoms with Crippen LogP contribution in [0.3, 0.4) is 0 Å². The molecule has 0 radical (unpaired) electrons.